The van der Waals surface area contributed by atoms with Crippen molar-refractivity contribution in [3.8, 4) is 0 Å². The number of quaternary nitrogens is 1. The first-order chi connectivity index (χ1) is 17.4. The Morgan fingerprint density at radius 2 is 1.49 bits per heavy atom. The number of rotatable bonds is 6. The van der Waals surface area contributed by atoms with Gasteiger partial charge in [-0.1, -0.05) is 36.9 Å². The van der Waals surface area contributed by atoms with E-state index in [9.17, 15) is 30.7 Å². The van der Waals surface area contributed by atoms with E-state index in [4.69, 9.17) is 9.47 Å². The highest BCUT2D eigenvalue weighted by Crippen LogP contribution is 2.38. The van der Waals surface area contributed by atoms with Crippen LogP contribution in [-0.4, -0.2) is 19.4 Å². The molecule has 1 aliphatic heterocycles. The molecule has 3 atom stereocenters. The fourth-order valence-electron chi connectivity index (χ4n) is 4.30. The summed E-state index contributed by atoms with van der Waals surface area (Å²) in [6, 6.07) is 15.7. The van der Waals surface area contributed by atoms with Crippen LogP contribution in [0.4, 0.5) is 30.7 Å². The molecule has 1 aliphatic rings. The quantitative estimate of drug-likeness (QED) is 0.313. The van der Waals surface area contributed by atoms with Crippen molar-refractivity contribution in [1.29, 1.82) is 0 Å². The molecule has 1 N–H and O–H groups in total. The van der Waals surface area contributed by atoms with E-state index in [-0.39, 0.29) is 12.7 Å². The second-order valence-electron chi connectivity index (χ2n) is 8.67. The van der Waals surface area contributed by atoms with Crippen LogP contribution < -0.4 is 4.90 Å². The molecule has 3 aromatic rings. The van der Waals surface area contributed by atoms with E-state index in [0.717, 1.165) is 10.5 Å². The van der Waals surface area contributed by atoms with Gasteiger partial charge in [-0.3, -0.25) is 0 Å². The predicted octanol–water partition coefficient (Wildman–Crippen LogP) is 6.03. The molecule has 0 aliphatic carbocycles. The highest BCUT2D eigenvalue weighted by molar-refractivity contribution is 5.60. The maximum Gasteiger partial charge on any atom is 0.416 e. The van der Waals surface area contributed by atoms with Crippen LogP contribution in [0, 0.1) is 5.82 Å². The van der Waals surface area contributed by atoms with Gasteiger partial charge in [-0.2, -0.15) is 26.3 Å². The van der Waals surface area contributed by atoms with Crippen LogP contribution >= 0.6 is 0 Å². The van der Waals surface area contributed by atoms with Crippen LogP contribution in [0.5, 0.6) is 0 Å². The summed E-state index contributed by atoms with van der Waals surface area (Å²) < 4.78 is 105. The Bertz CT molecular complexity index is 1190. The van der Waals surface area contributed by atoms with Crippen LogP contribution in [0.2, 0.25) is 0 Å². The van der Waals surface area contributed by atoms with Crippen molar-refractivity contribution >= 4 is 5.76 Å². The first-order valence-electron chi connectivity index (χ1n) is 11.3. The maximum atomic E-state index is 13.6. The topological polar surface area (TPSA) is 22.9 Å². The molecule has 2 unspecified atom stereocenters. The van der Waals surface area contributed by atoms with E-state index in [1.165, 1.54) is 12.1 Å². The minimum atomic E-state index is -5.01. The average molecular weight is 526 g/mol. The second kappa shape index (κ2) is 10.5. The summed E-state index contributed by atoms with van der Waals surface area (Å²) in [6.07, 6.45) is -11.1. The van der Waals surface area contributed by atoms with Gasteiger partial charge < -0.3 is 14.4 Å². The largest absolute Gasteiger partial charge is 0.458 e. The Morgan fingerprint density at radius 3 is 2.05 bits per heavy atom. The standard InChI is InChI=1S/C27H22F7NO2/c1-17(20-13-21(26(29,30)31)15-22(14-20)27(32,33)34)37-25-24(19-7-9-23(28)10-8-19)35(11-12-36-25)16-18-5-3-2-4-6-18/h2-10,13-15,24-25H,1,11-12,16H2/p+1/t24-,25?/m0/s1. The molecule has 1 fully saturated rings. The summed E-state index contributed by atoms with van der Waals surface area (Å²) >= 11 is 0. The Labute approximate surface area is 208 Å². The van der Waals surface area contributed by atoms with E-state index in [0.29, 0.717) is 30.8 Å². The molecule has 0 spiro atoms. The zero-order valence-electron chi connectivity index (χ0n) is 19.4. The number of ether oxygens (including phenoxy) is 2. The Morgan fingerprint density at radius 1 is 0.892 bits per heavy atom. The minimum absolute atomic E-state index is 0.0426. The van der Waals surface area contributed by atoms with Crippen molar-refractivity contribution in [2.24, 2.45) is 0 Å². The van der Waals surface area contributed by atoms with Gasteiger partial charge in [0.25, 0.3) is 6.29 Å². The van der Waals surface area contributed by atoms with Gasteiger partial charge in [0.1, 0.15) is 31.3 Å². The van der Waals surface area contributed by atoms with Gasteiger partial charge in [-0.05, 0) is 42.5 Å². The molecule has 37 heavy (non-hydrogen) atoms. The van der Waals surface area contributed by atoms with Crippen molar-refractivity contribution in [3.63, 3.8) is 0 Å². The maximum absolute atomic E-state index is 13.6. The van der Waals surface area contributed by atoms with Crippen molar-refractivity contribution in [2.45, 2.75) is 31.2 Å². The fraction of sp³-hybridized carbons (Fsp3) is 0.259. The summed E-state index contributed by atoms with van der Waals surface area (Å²) in [6.45, 7) is 4.89. The van der Waals surface area contributed by atoms with Crippen molar-refractivity contribution in [1.82, 2.24) is 0 Å². The Kier molecular flexibility index (Phi) is 7.61. The molecule has 0 aromatic heterocycles. The number of nitrogens with one attached hydrogen (secondary N) is 1. The van der Waals surface area contributed by atoms with Gasteiger partial charge in [-0.25, -0.2) is 4.39 Å². The molecule has 3 aromatic carbocycles. The number of halogens is 7. The monoisotopic (exact) mass is 526 g/mol. The van der Waals surface area contributed by atoms with Gasteiger partial charge in [0.05, 0.1) is 11.1 Å². The molecule has 10 heteroatoms. The smallest absolute Gasteiger partial charge is 0.416 e. The fourth-order valence-corrected chi connectivity index (χ4v) is 4.30. The third-order valence-corrected chi connectivity index (χ3v) is 6.09. The highest BCUT2D eigenvalue weighted by Gasteiger charge is 2.41. The second-order valence-corrected chi connectivity index (χ2v) is 8.67. The molecule has 1 saturated heterocycles. The lowest BCUT2D eigenvalue weighted by Crippen LogP contribution is -3.14. The molecule has 4 rings (SSSR count). The third kappa shape index (κ3) is 6.50. The molecular weight excluding hydrogens is 503 g/mol. The van der Waals surface area contributed by atoms with Crippen LogP contribution in [-0.2, 0) is 28.4 Å². The Balaban J connectivity index is 1.67. The van der Waals surface area contributed by atoms with Crippen LogP contribution in [0.3, 0.4) is 0 Å². The summed E-state index contributed by atoms with van der Waals surface area (Å²) in [4.78, 5) is 0.960. The molecular formula is C27H23F7NO2+. The van der Waals surface area contributed by atoms with Gasteiger partial charge >= 0.3 is 12.4 Å². The zero-order valence-corrected chi connectivity index (χ0v) is 19.4. The summed E-state index contributed by atoms with van der Waals surface area (Å²) in [5.41, 5.74) is -1.79. The van der Waals surface area contributed by atoms with Gasteiger partial charge in [-0.15, -0.1) is 0 Å². The average Bonchev–Trinajstić information content (AvgIpc) is 2.84. The minimum Gasteiger partial charge on any atom is -0.458 e. The number of morpholine rings is 1. The van der Waals surface area contributed by atoms with Gasteiger partial charge in [0.2, 0.25) is 0 Å². The van der Waals surface area contributed by atoms with E-state index in [1.54, 1.807) is 12.1 Å². The molecule has 0 radical (unpaired) electrons. The predicted molar refractivity (Wildman–Crippen MR) is 121 cm³/mol. The summed E-state index contributed by atoms with van der Waals surface area (Å²) in [5.74, 6) is -0.870. The van der Waals surface area contributed by atoms with Crippen molar-refractivity contribution in [2.75, 3.05) is 13.2 Å². The lowest BCUT2D eigenvalue weighted by atomic mass is 10.0. The van der Waals surface area contributed by atoms with Crippen molar-refractivity contribution in [3.05, 3.63) is 113 Å². The molecule has 1 heterocycles. The van der Waals surface area contributed by atoms with E-state index in [1.807, 2.05) is 30.3 Å². The lowest BCUT2D eigenvalue weighted by Gasteiger charge is -2.38. The SMILES string of the molecule is C=C(OC1OCC[NH+](Cc2ccccc2)[C@H]1c1ccc(F)cc1)c1cc(C(F)(F)F)cc(C(F)(F)F)c1. The third-order valence-electron chi connectivity index (χ3n) is 6.09. The zero-order chi connectivity index (χ0) is 26.8. The molecule has 0 bridgehead atoms. The number of hydrogen-bond donors (Lipinski definition) is 1. The van der Waals surface area contributed by atoms with Crippen LogP contribution in [0.15, 0.2) is 79.4 Å². The van der Waals surface area contributed by atoms with Crippen LogP contribution in [0.25, 0.3) is 5.76 Å². The molecule has 3 nitrogen and oxygen atoms in total. The van der Waals surface area contributed by atoms with Crippen molar-refractivity contribution < 1.29 is 45.1 Å². The van der Waals surface area contributed by atoms with Crippen LogP contribution in [0.1, 0.15) is 33.9 Å². The summed E-state index contributed by atoms with van der Waals surface area (Å²) in [5, 5.41) is 0. The highest BCUT2D eigenvalue weighted by atomic mass is 19.4. The molecule has 0 saturated carbocycles. The normalized spacial score (nSPS) is 20.5. The number of benzene rings is 3. The Hall–Kier alpha value is -3.37. The summed E-state index contributed by atoms with van der Waals surface area (Å²) in [7, 11) is 0. The molecule has 0 amide bonds. The first-order valence-corrected chi connectivity index (χ1v) is 11.3. The van der Waals surface area contributed by atoms with E-state index < -0.39 is 53.0 Å². The lowest BCUT2D eigenvalue weighted by molar-refractivity contribution is -0.961. The first kappa shape index (κ1) is 26.7. The number of alkyl halides is 6. The number of hydrogen-bond acceptors (Lipinski definition) is 2. The van der Waals surface area contributed by atoms with Gasteiger partial charge in [0, 0.05) is 16.7 Å². The van der Waals surface area contributed by atoms with E-state index >= 15 is 0 Å². The van der Waals surface area contributed by atoms with E-state index in [2.05, 4.69) is 6.58 Å². The van der Waals surface area contributed by atoms with Gasteiger partial charge in [0.15, 0.2) is 6.04 Å². The molecule has 196 valence electrons.